The van der Waals surface area contributed by atoms with E-state index in [0.717, 1.165) is 13.3 Å². The molecular weight excluding hydrogens is 295 g/mol. The highest BCUT2D eigenvalue weighted by atomic mass is 19.2. The zero-order chi connectivity index (χ0) is 16.4. The molecule has 1 atom stereocenters. The van der Waals surface area contributed by atoms with Gasteiger partial charge in [-0.2, -0.15) is 0 Å². The summed E-state index contributed by atoms with van der Waals surface area (Å²) in [5.41, 5.74) is -1.29. The highest BCUT2D eigenvalue weighted by Crippen LogP contribution is 2.30. The lowest BCUT2D eigenvalue weighted by molar-refractivity contribution is -0.336. The van der Waals surface area contributed by atoms with Gasteiger partial charge in [-0.1, -0.05) is 20.8 Å². The predicted molar refractivity (Wildman–Crippen MR) is 65.8 cm³/mol. The van der Waals surface area contributed by atoms with Crippen LogP contribution < -0.4 is 0 Å². The van der Waals surface area contributed by atoms with E-state index < -0.39 is 40.8 Å². The van der Waals surface area contributed by atoms with Crippen molar-refractivity contribution in [1.82, 2.24) is 0 Å². The van der Waals surface area contributed by atoms with E-state index in [9.17, 15) is 22.0 Å². The molecule has 0 bridgehead atoms. The average molecular weight is 312 g/mol. The third-order valence-electron chi connectivity index (χ3n) is 3.27. The van der Waals surface area contributed by atoms with Gasteiger partial charge >= 0.3 is 0 Å². The molecule has 7 heteroatoms. The first-order valence-electron chi connectivity index (χ1n) is 6.42. The zero-order valence-electron chi connectivity index (χ0n) is 12.2. The van der Waals surface area contributed by atoms with Crippen LogP contribution in [0.4, 0.5) is 22.0 Å². The standard InChI is InChI=1S/C14H17F5O2/c1-5-14(3,4)6-20-21-7(2)8-9(15)11(17)13(19)12(18)10(8)16/h7H,5-6H2,1-4H3. The van der Waals surface area contributed by atoms with Crippen LogP contribution >= 0.6 is 0 Å². The Morgan fingerprint density at radius 1 is 0.905 bits per heavy atom. The molecule has 120 valence electrons. The van der Waals surface area contributed by atoms with E-state index in [1.165, 1.54) is 0 Å². The zero-order valence-corrected chi connectivity index (χ0v) is 12.2. The molecule has 0 radical (unpaired) electrons. The molecule has 0 fully saturated rings. The Morgan fingerprint density at radius 2 is 1.33 bits per heavy atom. The van der Waals surface area contributed by atoms with Gasteiger partial charge in [0.1, 0.15) is 6.10 Å². The van der Waals surface area contributed by atoms with Crippen molar-refractivity contribution in [2.24, 2.45) is 5.41 Å². The minimum Gasteiger partial charge on any atom is -0.236 e. The Labute approximate surface area is 119 Å². The molecule has 0 heterocycles. The molecule has 0 spiro atoms. The number of halogens is 5. The molecule has 0 aliphatic carbocycles. The fourth-order valence-electron chi connectivity index (χ4n) is 1.42. The summed E-state index contributed by atoms with van der Waals surface area (Å²) < 4.78 is 66.1. The molecule has 0 N–H and O–H groups in total. The van der Waals surface area contributed by atoms with Gasteiger partial charge in [0.25, 0.3) is 0 Å². The van der Waals surface area contributed by atoms with Crippen LogP contribution in [0, 0.1) is 34.5 Å². The number of hydrogen-bond donors (Lipinski definition) is 0. The van der Waals surface area contributed by atoms with Gasteiger partial charge in [0.2, 0.25) is 5.82 Å². The molecule has 0 saturated carbocycles. The highest BCUT2D eigenvalue weighted by molar-refractivity contribution is 5.25. The van der Waals surface area contributed by atoms with Crippen molar-refractivity contribution in [1.29, 1.82) is 0 Å². The van der Waals surface area contributed by atoms with Gasteiger partial charge < -0.3 is 0 Å². The van der Waals surface area contributed by atoms with Crippen molar-refractivity contribution < 1.29 is 31.7 Å². The largest absolute Gasteiger partial charge is 0.236 e. The van der Waals surface area contributed by atoms with E-state index in [4.69, 9.17) is 9.78 Å². The van der Waals surface area contributed by atoms with Crippen molar-refractivity contribution >= 4 is 0 Å². The van der Waals surface area contributed by atoms with E-state index >= 15 is 0 Å². The molecule has 1 rings (SSSR count). The Morgan fingerprint density at radius 3 is 1.76 bits per heavy atom. The Kier molecular flexibility index (Phi) is 5.69. The van der Waals surface area contributed by atoms with Crippen LogP contribution in [0.25, 0.3) is 0 Å². The van der Waals surface area contributed by atoms with Crippen LogP contribution in [0.15, 0.2) is 0 Å². The fourth-order valence-corrected chi connectivity index (χ4v) is 1.42. The summed E-state index contributed by atoms with van der Waals surface area (Å²) >= 11 is 0. The van der Waals surface area contributed by atoms with E-state index in [1.54, 1.807) is 0 Å². The quantitative estimate of drug-likeness (QED) is 0.246. The van der Waals surface area contributed by atoms with E-state index in [-0.39, 0.29) is 12.0 Å². The Bertz CT molecular complexity index is 488. The summed E-state index contributed by atoms with van der Waals surface area (Å²) in [4.78, 5) is 9.59. The van der Waals surface area contributed by atoms with Crippen molar-refractivity contribution in [2.45, 2.75) is 40.2 Å². The van der Waals surface area contributed by atoms with E-state index in [2.05, 4.69) is 0 Å². The number of rotatable bonds is 6. The Hall–Kier alpha value is -1.21. The number of hydrogen-bond acceptors (Lipinski definition) is 2. The molecule has 21 heavy (non-hydrogen) atoms. The summed E-state index contributed by atoms with van der Waals surface area (Å²) in [6.45, 7) is 6.91. The van der Waals surface area contributed by atoms with Crippen molar-refractivity contribution in [3.05, 3.63) is 34.6 Å². The van der Waals surface area contributed by atoms with Crippen molar-refractivity contribution in [3.63, 3.8) is 0 Å². The summed E-state index contributed by atoms with van der Waals surface area (Å²) in [5.74, 6) is -10.1. The topological polar surface area (TPSA) is 18.5 Å². The average Bonchev–Trinajstić information content (AvgIpc) is 2.43. The minimum absolute atomic E-state index is 0.114. The first kappa shape index (κ1) is 17.8. The SMILES string of the molecule is CCC(C)(C)COOC(C)c1c(F)c(F)c(F)c(F)c1F. The molecule has 0 aliphatic heterocycles. The van der Waals surface area contributed by atoms with Crippen molar-refractivity contribution in [3.8, 4) is 0 Å². The first-order valence-corrected chi connectivity index (χ1v) is 6.42. The lowest BCUT2D eigenvalue weighted by atomic mass is 9.92. The molecule has 1 aromatic rings. The van der Waals surface area contributed by atoms with Crippen LogP contribution in [-0.4, -0.2) is 6.61 Å². The van der Waals surface area contributed by atoms with Gasteiger partial charge in [0, 0.05) is 0 Å². The van der Waals surface area contributed by atoms with Gasteiger partial charge in [0.05, 0.1) is 12.2 Å². The van der Waals surface area contributed by atoms with Crippen LogP contribution in [0.2, 0.25) is 0 Å². The normalized spacial score (nSPS) is 13.6. The van der Waals surface area contributed by atoms with Crippen LogP contribution in [-0.2, 0) is 9.78 Å². The van der Waals surface area contributed by atoms with E-state index in [0.29, 0.717) is 0 Å². The van der Waals surface area contributed by atoms with Gasteiger partial charge in [-0.25, -0.2) is 31.7 Å². The summed E-state index contributed by atoms with van der Waals surface area (Å²) in [6.07, 6.45) is -0.685. The van der Waals surface area contributed by atoms with Gasteiger partial charge in [0.15, 0.2) is 23.3 Å². The molecule has 0 amide bonds. The molecule has 0 saturated heterocycles. The Balaban J connectivity index is 2.91. The summed E-state index contributed by atoms with van der Waals surface area (Å²) in [5, 5.41) is 0. The molecular formula is C14H17F5O2. The third-order valence-corrected chi connectivity index (χ3v) is 3.27. The van der Waals surface area contributed by atoms with E-state index in [1.807, 2.05) is 20.8 Å². The second-order valence-electron chi connectivity index (χ2n) is 5.50. The minimum atomic E-state index is -2.20. The molecule has 2 nitrogen and oxygen atoms in total. The summed E-state index contributed by atoms with van der Waals surface area (Å²) in [6, 6.07) is 0. The molecule has 1 aromatic carbocycles. The van der Waals surface area contributed by atoms with Gasteiger partial charge in [-0.15, -0.1) is 0 Å². The maximum Gasteiger partial charge on any atom is 0.200 e. The molecule has 1 unspecified atom stereocenters. The molecule has 0 aromatic heterocycles. The second kappa shape index (κ2) is 6.70. The van der Waals surface area contributed by atoms with Gasteiger partial charge in [-0.3, -0.25) is 0 Å². The first-order chi connectivity index (χ1) is 9.62. The van der Waals surface area contributed by atoms with Crippen molar-refractivity contribution in [2.75, 3.05) is 6.61 Å². The smallest absolute Gasteiger partial charge is 0.200 e. The second-order valence-corrected chi connectivity index (χ2v) is 5.50. The monoisotopic (exact) mass is 312 g/mol. The summed E-state index contributed by atoms with van der Waals surface area (Å²) in [7, 11) is 0. The fraction of sp³-hybridized carbons (Fsp3) is 0.571. The van der Waals surface area contributed by atoms with Crippen LogP contribution in [0.1, 0.15) is 45.8 Å². The third kappa shape index (κ3) is 3.91. The van der Waals surface area contributed by atoms with Crippen LogP contribution in [0.3, 0.4) is 0 Å². The van der Waals surface area contributed by atoms with Crippen LogP contribution in [0.5, 0.6) is 0 Å². The molecule has 0 aliphatic rings. The predicted octanol–water partition coefficient (Wildman–Crippen LogP) is 4.83. The van der Waals surface area contributed by atoms with Gasteiger partial charge in [-0.05, 0) is 18.8 Å². The lowest BCUT2D eigenvalue weighted by Crippen LogP contribution is -2.20. The maximum absolute atomic E-state index is 13.5. The highest BCUT2D eigenvalue weighted by Gasteiger charge is 2.29. The number of benzene rings is 1. The maximum atomic E-state index is 13.5. The lowest BCUT2D eigenvalue weighted by Gasteiger charge is -2.23.